The number of nitrogens with one attached hydrogen (secondary N) is 1. The summed E-state index contributed by atoms with van der Waals surface area (Å²) in [7, 11) is 0. The van der Waals surface area contributed by atoms with Crippen molar-refractivity contribution in [3.63, 3.8) is 0 Å². The molecular formula is C13H17N. The van der Waals surface area contributed by atoms with Gasteiger partial charge in [-0.3, -0.25) is 0 Å². The Morgan fingerprint density at radius 2 is 2.14 bits per heavy atom. The van der Waals surface area contributed by atoms with Gasteiger partial charge in [-0.1, -0.05) is 18.2 Å². The SMILES string of the molecule is Cc1cccc2c1CCNC1(CC1)C2. The monoisotopic (exact) mass is 187 g/mol. The predicted octanol–water partition coefficient (Wildman–Crippen LogP) is 2.22. The number of hydrogen-bond donors (Lipinski definition) is 1. The van der Waals surface area contributed by atoms with Gasteiger partial charge in [0.25, 0.3) is 0 Å². The molecule has 0 aromatic heterocycles. The van der Waals surface area contributed by atoms with E-state index >= 15 is 0 Å². The normalized spacial score (nSPS) is 22.9. The molecule has 1 nitrogen and oxygen atoms in total. The average molecular weight is 187 g/mol. The van der Waals surface area contributed by atoms with E-state index in [1.165, 1.54) is 31.2 Å². The van der Waals surface area contributed by atoms with Crippen LogP contribution in [0.5, 0.6) is 0 Å². The molecule has 1 saturated carbocycles. The molecule has 14 heavy (non-hydrogen) atoms. The fraction of sp³-hybridized carbons (Fsp3) is 0.538. The summed E-state index contributed by atoms with van der Waals surface area (Å²) in [5.74, 6) is 0. The molecule has 1 aromatic rings. The predicted molar refractivity (Wildman–Crippen MR) is 58.6 cm³/mol. The molecule has 1 N–H and O–H groups in total. The number of fused-ring (bicyclic) bond motifs is 1. The van der Waals surface area contributed by atoms with Gasteiger partial charge >= 0.3 is 0 Å². The van der Waals surface area contributed by atoms with Crippen molar-refractivity contribution in [2.24, 2.45) is 0 Å². The van der Waals surface area contributed by atoms with Gasteiger partial charge in [-0.2, -0.15) is 0 Å². The second-order valence-corrected chi connectivity index (χ2v) is 4.85. The van der Waals surface area contributed by atoms with Gasteiger partial charge in [-0.05, 0) is 55.8 Å². The fourth-order valence-corrected chi connectivity index (χ4v) is 2.67. The maximum absolute atomic E-state index is 3.71. The minimum atomic E-state index is 0.499. The summed E-state index contributed by atoms with van der Waals surface area (Å²) in [4.78, 5) is 0. The molecule has 1 aliphatic heterocycles. The highest BCUT2D eigenvalue weighted by molar-refractivity contribution is 5.38. The van der Waals surface area contributed by atoms with Gasteiger partial charge in [0.15, 0.2) is 0 Å². The number of aryl methyl sites for hydroxylation is 1. The minimum Gasteiger partial charge on any atom is -0.311 e. The van der Waals surface area contributed by atoms with E-state index in [9.17, 15) is 0 Å². The van der Waals surface area contributed by atoms with Crippen LogP contribution in [0.2, 0.25) is 0 Å². The molecule has 1 aliphatic carbocycles. The van der Waals surface area contributed by atoms with E-state index in [1.807, 2.05) is 0 Å². The van der Waals surface area contributed by atoms with Crippen molar-refractivity contribution in [3.05, 3.63) is 34.9 Å². The molecule has 1 fully saturated rings. The van der Waals surface area contributed by atoms with Crippen molar-refractivity contribution >= 4 is 0 Å². The zero-order valence-electron chi connectivity index (χ0n) is 8.77. The van der Waals surface area contributed by atoms with Crippen LogP contribution in [0.1, 0.15) is 29.5 Å². The van der Waals surface area contributed by atoms with Crippen LogP contribution in [0.4, 0.5) is 0 Å². The van der Waals surface area contributed by atoms with Crippen molar-refractivity contribution in [1.82, 2.24) is 5.32 Å². The molecule has 0 saturated heterocycles. The van der Waals surface area contributed by atoms with E-state index in [4.69, 9.17) is 0 Å². The second kappa shape index (κ2) is 2.83. The van der Waals surface area contributed by atoms with E-state index in [2.05, 4.69) is 30.4 Å². The largest absolute Gasteiger partial charge is 0.311 e. The lowest BCUT2D eigenvalue weighted by Gasteiger charge is -2.13. The number of hydrogen-bond acceptors (Lipinski definition) is 1. The van der Waals surface area contributed by atoms with Crippen LogP contribution >= 0.6 is 0 Å². The molecule has 0 unspecified atom stereocenters. The molecular weight excluding hydrogens is 170 g/mol. The molecule has 1 heteroatoms. The quantitative estimate of drug-likeness (QED) is 0.656. The van der Waals surface area contributed by atoms with Gasteiger partial charge in [0.05, 0.1) is 0 Å². The van der Waals surface area contributed by atoms with Crippen LogP contribution in [0, 0.1) is 6.92 Å². The van der Waals surface area contributed by atoms with E-state index in [0.29, 0.717) is 5.54 Å². The van der Waals surface area contributed by atoms with E-state index in [0.717, 1.165) is 6.54 Å². The first-order valence-electron chi connectivity index (χ1n) is 5.62. The lowest BCUT2D eigenvalue weighted by Crippen LogP contribution is -2.32. The van der Waals surface area contributed by atoms with Gasteiger partial charge in [-0.25, -0.2) is 0 Å². The lowest BCUT2D eigenvalue weighted by molar-refractivity contribution is 0.514. The van der Waals surface area contributed by atoms with E-state index in [-0.39, 0.29) is 0 Å². The number of rotatable bonds is 0. The first kappa shape index (κ1) is 8.49. The molecule has 0 atom stereocenters. The van der Waals surface area contributed by atoms with Crippen molar-refractivity contribution in [2.75, 3.05) is 6.54 Å². The zero-order chi connectivity index (χ0) is 9.60. The Balaban J connectivity index is 2.03. The van der Waals surface area contributed by atoms with Crippen molar-refractivity contribution in [2.45, 2.75) is 38.1 Å². The van der Waals surface area contributed by atoms with E-state index < -0.39 is 0 Å². The molecule has 1 aromatic carbocycles. The van der Waals surface area contributed by atoms with Gasteiger partial charge in [0.2, 0.25) is 0 Å². The summed E-state index contributed by atoms with van der Waals surface area (Å²) in [6.45, 7) is 3.40. The molecule has 0 bridgehead atoms. The van der Waals surface area contributed by atoms with Crippen molar-refractivity contribution in [1.29, 1.82) is 0 Å². The molecule has 1 heterocycles. The highest BCUT2D eigenvalue weighted by atomic mass is 15.0. The third-order valence-corrected chi connectivity index (χ3v) is 3.76. The fourth-order valence-electron chi connectivity index (χ4n) is 2.67. The smallest absolute Gasteiger partial charge is 0.0223 e. The van der Waals surface area contributed by atoms with Gasteiger partial charge in [-0.15, -0.1) is 0 Å². The Labute approximate surface area is 85.5 Å². The average Bonchev–Trinajstić information content (AvgIpc) is 2.93. The van der Waals surface area contributed by atoms with Crippen LogP contribution in [-0.2, 0) is 12.8 Å². The molecule has 0 radical (unpaired) electrons. The summed E-state index contributed by atoms with van der Waals surface area (Å²) in [5.41, 5.74) is 5.16. The molecule has 3 rings (SSSR count). The molecule has 1 spiro atoms. The van der Waals surface area contributed by atoms with Crippen molar-refractivity contribution < 1.29 is 0 Å². The summed E-state index contributed by atoms with van der Waals surface area (Å²) in [5, 5.41) is 3.71. The van der Waals surface area contributed by atoms with Crippen LogP contribution < -0.4 is 5.32 Å². The second-order valence-electron chi connectivity index (χ2n) is 4.85. The number of benzene rings is 1. The van der Waals surface area contributed by atoms with Crippen molar-refractivity contribution in [3.8, 4) is 0 Å². The Bertz CT molecular complexity index is 363. The maximum atomic E-state index is 3.71. The van der Waals surface area contributed by atoms with Crippen LogP contribution in [0.15, 0.2) is 18.2 Å². The molecule has 0 amide bonds. The van der Waals surface area contributed by atoms with Gasteiger partial charge in [0.1, 0.15) is 0 Å². The standard InChI is InChI=1S/C13H17N/c1-10-3-2-4-11-9-13(6-7-13)14-8-5-12(10)11/h2-4,14H,5-9H2,1H3. The van der Waals surface area contributed by atoms with Gasteiger partial charge < -0.3 is 5.32 Å². The third-order valence-electron chi connectivity index (χ3n) is 3.76. The zero-order valence-corrected chi connectivity index (χ0v) is 8.77. The molecule has 74 valence electrons. The summed E-state index contributed by atoms with van der Waals surface area (Å²) in [6, 6.07) is 6.76. The first-order valence-corrected chi connectivity index (χ1v) is 5.62. The van der Waals surface area contributed by atoms with Crippen LogP contribution in [0.3, 0.4) is 0 Å². The summed E-state index contributed by atoms with van der Waals surface area (Å²) in [6.07, 6.45) is 5.22. The summed E-state index contributed by atoms with van der Waals surface area (Å²) < 4.78 is 0. The van der Waals surface area contributed by atoms with Crippen LogP contribution in [-0.4, -0.2) is 12.1 Å². The Morgan fingerprint density at radius 1 is 1.29 bits per heavy atom. The van der Waals surface area contributed by atoms with Crippen LogP contribution in [0.25, 0.3) is 0 Å². The summed E-state index contributed by atoms with van der Waals surface area (Å²) >= 11 is 0. The van der Waals surface area contributed by atoms with E-state index in [1.54, 1.807) is 11.1 Å². The molecule has 2 aliphatic rings. The maximum Gasteiger partial charge on any atom is 0.0223 e. The van der Waals surface area contributed by atoms with Gasteiger partial charge in [0, 0.05) is 5.54 Å². The lowest BCUT2D eigenvalue weighted by atomic mass is 9.96. The Morgan fingerprint density at radius 3 is 2.93 bits per heavy atom. The Kier molecular flexibility index (Phi) is 1.72. The minimum absolute atomic E-state index is 0.499. The first-order chi connectivity index (χ1) is 6.79. The topological polar surface area (TPSA) is 12.0 Å². The highest BCUT2D eigenvalue weighted by Crippen LogP contribution is 2.40. The highest BCUT2D eigenvalue weighted by Gasteiger charge is 2.43. The Hall–Kier alpha value is -0.820. The third kappa shape index (κ3) is 1.27.